The minimum absolute atomic E-state index is 0.0667. The summed E-state index contributed by atoms with van der Waals surface area (Å²) in [6.45, 7) is 4.55. The molecule has 6 heteroatoms. The van der Waals surface area contributed by atoms with E-state index in [0.717, 1.165) is 15.7 Å². The van der Waals surface area contributed by atoms with Gasteiger partial charge in [-0.05, 0) is 65.7 Å². The smallest absolute Gasteiger partial charge is 0.175 e. The molecule has 0 atom stereocenters. The van der Waals surface area contributed by atoms with Gasteiger partial charge in [-0.3, -0.25) is 0 Å². The van der Waals surface area contributed by atoms with Gasteiger partial charge in [0.1, 0.15) is 0 Å². The van der Waals surface area contributed by atoms with E-state index in [1.165, 1.54) is 0 Å². The summed E-state index contributed by atoms with van der Waals surface area (Å²) in [4.78, 5) is 0. The summed E-state index contributed by atoms with van der Waals surface area (Å²) in [7, 11) is 1.63. The monoisotopic (exact) mass is 417 g/mol. The first kappa shape index (κ1) is 18.2. The first-order chi connectivity index (χ1) is 10.9. The molecule has 3 nitrogen and oxygen atoms in total. The molecule has 0 amide bonds. The fraction of sp³-hybridized carbons (Fsp3) is 0.294. The third kappa shape index (κ3) is 4.93. The van der Waals surface area contributed by atoms with Crippen molar-refractivity contribution in [3.05, 3.63) is 50.4 Å². The van der Waals surface area contributed by atoms with Crippen LogP contribution in [0.15, 0.2) is 34.8 Å². The Morgan fingerprint density at radius 1 is 1.17 bits per heavy atom. The first-order valence-corrected chi connectivity index (χ1v) is 8.67. The zero-order valence-electron chi connectivity index (χ0n) is 13.1. The summed E-state index contributed by atoms with van der Waals surface area (Å²) in [6.07, 6.45) is 0.0667. The van der Waals surface area contributed by atoms with Crippen molar-refractivity contribution in [2.45, 2.75) is 26.5 Å². The van der Waals surface area contributed by atoms with E-state index in [4.69, 9.17) is 32.7 Å². The van der Waals surface area contributed by atoms with Gasteiger partial charge >= 0.3 is 0 Å². The highest BCUT2D eigenvalue weighted by molar-refractivity contribution is 9.10. The number of halogens is 3. The number of rotatable bonds is 6. The first-order valence-electron chi connectivity index (χ1n) is 7.12. The predicted molar refractivity (Wildman–Crippen MR) is 100 cm³/mol. The summed E-state index contributed by atoms with van der Waals surface area (Å²) in [5.74, 6) is 1.39. The molecule has 23 heavy (non-hydrogen) atoms. The summed E-state index contributed by atoms with van der Waals surface area (Å²) in [5, 5.41) is 4.49. The Bertz CT molecular complexity index is 693. The summed E-state index contributed by atoms with van der Waals surface area (Å²) in [5.41, 5.74) is 1.87. The van der Waals surface area contributed by atoms with E-state index in [2.05, 4.69) is 21.2 Å². The van der Waals surface area contributed by atoms with Crippen molar-refractivity contribution in [2.75, 3.05) is 12.4 Å². The van der Waals surface area contributed by atoms with Crippen LogP contribution in [0.5, 0.6) is 11.5 Å². The maximum Gasteiger partial charge on any atom is 0.175 e. The molecule has 0 aliphatic rings. The number of methoxy groups -OCH3 is 1. The van der Waals surface area contributed by atoms with Crippen LogP contribution in [0.4, 0.5) is 5.69 Å². The van der Waals surface area contributed by atoms with Crippen molar-refractivity contribution < 1.29 is 9.47 Å². The number of anilines is 1. The summed E-state index contributed by atoms with van der Waals surface area (Å²) >= 11 is 15.6. The molecule has 0 fully saturated rings. The van der Waals surface area contributed by atoms with Crippen LogP contribution in [0.1, 0.15) is 19.4 Å². The van der Waals surface area contributed by atoms with Crippen molar-refractivity contribution in [3.63, 3.8) is 0 Å². The van der Waals surface area contributed by atoms with Gasteiger partial charge in [0.2, 0.25) is 0 Å². The van der Waals surface area contributed by atoms with Crippen molar-refractivity contribution in [2.24, 2.45) is 0 Å². The average molecular weight is 419 g/mol. The van der Waals surface area contributed by atoms with Gasteiger partial charge in [0.15, 0.2) is 11.5 Å². The van der Waals surface area contributed by atoms with E-state index in [-0.39, 0.29) is 6.10 Å². The number of benzene rings is 2. The van der Waals surface area contributed by atoms with Gasteiger partial charge in [0.05, 0.1) is 28.4 Å². The number of hydrogen-bond acceptors (Lipinski definition) is 3. The van der Waals surface area contributed by atoms with Crippen LogP contribution < -0.4 is 14.8 Å². The van der Waals surface area contributed by atoms with Gasteiger partial charge in [-0.15, -0.1) is 0 Å². The Morgan fingerprint density at radius 2 is 1.91 bits per heavy atom. The van der Waals surface area contributed by atoms with Crippen LogP contribution in [0.2, 0.25) is 10.0 Å². The zero-order chi connectivity index (χ0) is 17.0. The molecule has 2 rings (SSSR count). The van der Waals surface area contributed by atoms with Crippen LogP contribution in [-0.4, -0.2) is 13.2 Å². The molecular formula is C17H18BrCl2NO2. The Kier molecular flexibility index (Phi) is 6.45. The van der Waals surface area contributed by atoms with Crippen LogP contribution in [0, 0.1) is 0 Å². The van der Waals surface area contributed by atoms with Gasteiger partial charge in [0.25, 0.3) is 0 Å². The summed E-state index contributed by atoms with van der Waals surface area (Å²) in [6, 6.07) is 9.30. The van der Waals surface area contributed by atoms with Crippen molar-refractivity contribution in [1.82, 2.24) is 0 Å². The number of hydrogen-bond donors (Lipinski definition) is 1. The van der Waals surface area contributed by atoms with Gasteiger partial charge in [0, 0.05) is 11.6 Å². The quantitative estimate of drug-likeness (QED) is 0.608. The number of ether oxygens (including phenoxy) is 2. The Balaban J connectivity index is 2.18. The lowest BCUT2D eigenvalue weighted by Gasteiger charge is -2.17. The van der Waals surface area contributed by atoms with Crippen molar-refractivity contribution >= 4 is 44.8 Å². The molecule has 0 heterocycles. The SMILES string of the molecule is COc1cc(CNc2ccc(Cl)cc2Cl)cc(Br)c1OC(C)C. The highest BCUT2D eigenvalue weighted by Crippen LogP contribution is 2.37. The second kappa shape index (κ2) is 8.13. The molecular weight excluding hydrogens is 401 g/mol. The van der Waals surface area contributed by atoms with E-state index in [9.17, 15) is 0 Å². The van der Waals surface area contributed by atoms with Crippen LogP contribution in [-0.2, 0) is 6.54 Å². The minimum Gasteiger partial charge on any atom is -0.493 e. The maximum absolute atomic E-state index is 6.17. The second-order valence-corrected chi connectivity index (χ2v) is 6.95. The van der Waals surface area contributed by atoms with E-state index in [0.29, 0.717) is 28.1 Å². The number of nitrogens with one attached hydrogen (secondary N) is 1. The average Bonchev–Trinajstić information content (AvgIpc) is 2.48. The molecule has 0 spiro atoms. The van der Waals surface area contributed by atoms with Gasteiger partial charge < -0.3 is 14.8 Å². The standard InChI is InChI=1S/C17H18BrCl2NO2/c1-10(2)23-17-13(18)6-11(7-16(17)22-3)9-21-15-5-4-12(19)8-14(15)20/h4-8,10,21H,9H2,1-3H3. The van der Waals surface area contributed by atoms with Crippen molar-refractivity contribution in [1.29, 1.82) is 0 Å². The Hall–Kier alpha value is -1.10. The predicted octanol–water partition coefficient (Wildman–Crippen LogP) is 6.16. The van der Waals surface area contributed by atoms with Crippen LogP contribution in [0.25, 0.3) is 0 Å². The van der Waals surface area contributed by atoms with E-state index >= 15 is 0 Å². The fourth-order valence-electron chi connectivity index (χ4n) is 2.06. The topological polar surface area (TPSA) is 30.5 Å². The molecule has 0 aliphatic heterocycles. The van der Waals surface area contributed by atoms with Gasteiger partial charge in [-0.25, -0.2) is 0 Å². The second-order valence-electron chi connectivity index (χ2n) is 5.25. The molecule has 124 valence electrons. The molecule has 0 saturated carbocycles. The third-order valence-corrected chi connectivity index (χ3v) is 4.19. The fourth-order valence-corrected chi connectivity index (χ4v) is 3.11. The molecule has 2 aromatic carbocycles. The largest absolute Gasteiger partial charge is 0.493 e. The van der Waals surface area contributed by atoms with Gasteiger partial charge in [-0.2, -0.15) is 0 Å². The summed E-state index contributed by atoms with van der Waals surface area (Å²) < 4.78 is 12.1. The Morgan fingerprint density at radius 3 is 2.52 bits per heavy atom. The lowest BCUT2D eigenvalue weighted by molar-refractivity contribution is 0.228. The molecule has 2 aromatic rings. The molecule has 0 saturated heterocycles. The Labute approximate surface area is 155 Å². The molecule has 0 radical (unpaired) electrons. The minimum atomic E-state index is 0.0667. The molecule has 0 bridgehead atoms. The van der Waals surface area contributed by atoms with E-state index < -0.39 is 0 Å². The molecule has 0 aliphatic carbocycles. The third-order valence-electron chi connectivity index (χ3n) is 3.06. The van der Waals surface area contributed by atoms with Crippen LogP contribution in [0.3, 0.4) is 0 Å². The lowest BCUT2D eigenvalue weighted by Crippen LogP contribution is -2.08. The highest BCUT2D eigenvalue weighted by atomic mass is 79.9. The maximum atomic E-state index is 6.17. The van der Waals surface area contributed by atoms with Crippen molar-refractivity contribution in [3.8, 4) is 11.5 Å². The normalized spacial score (nSPS) is 10.7. The van der Waals surface area contributed by atoms with E-state index in [1.54, 1.807) is 19.2 Å². The zero-order valence-corrected chi connectivity index (χ0v) is 16.2. The molecule has 1 N–H and O–H groups in total. The van der Waals surface area contributed by atoms with E-state index in [1.807, 2.05) is 32.0 Å². The molecule has 0 unspecified atom stereocenters. The highest BCUT2D eigenvalue weighted by Gasteiger charge is 2.13. The van der Waals surface area contributed by atoms with Gasteiger partial charge in [-0.1, -0.05) is 23.2 Å². The molecule has 0 aromatic heterocycles. The lowest BCUT2D eigenvalue weighted by atomic mass is 10.2. The van der Waals surface area contributed by atoms with Crippen LogP contribution >= 0.6 is 39.1 Å².